The average molecular weight is 392 g/mol. The van der Waals surface area contributed by atoms with E-state index in [1.54, 1.807) is 11.0 Å². The molecule has 1 fully saturated rings. The maximum absolute atomic E-state index is 14.1. The van der Waals surface area contributed by atoms with Crippen molar-refractivity contribution in [2.24, 2.45) is 4.99 Å². The standard InChI is InChI=1S/C21H34FN5O/c1-4-23-21(24-12-8-14-27-13-7-5-6-9-20(27)28)25-16-17-10-11-19(26(2)3)18(22)15-17/h10-11,15H,4-9,12-14,16H2,1-3H3,(H2,23,24,25). The molecule has 1 aromatic rings. The van der Waals surface area contributed by atoms with Crippen LogP contribution in [0.4, 0.5) is 10.1 Å². The molecular formula is C21H34FN5O. The Morgan fingerprint density at radius 1 is 1.25 bits per heavy atom. The Morgan fingerprint density at radius 3 is 2.79 bits per heavy atom. The summed E-state index contributed by atoms with van der Waals surface area (Å²) >= 11 is 0. The van der Waals surface area contributed by atoms with E-state index in [4.69, 9.17) is 0 Å². The van der Waals surface area contributed by atoms with E-state index in [0.29, 0.717) is 24.6 Å². The van der Waals surface area contributed by atoms with Crippen molar-refractivity contribution in [2.75, 3.05) is 45.2 Å². The van der Waals surface area contributed by atoms with E-state index in [1.165, 1.54) is 6.07 Å². The minimum absolute atomic E-state index is 0.238. The summed E-state index contributed by atoms with van der Waals surface area (Å²) in [5, 5.41) is 6.51. The van der Waals surface area contributed by atoms with Gasteiger partial charge < -0.3 is 20.4 Å². The predicted molar refractivity (Wildman–Crippen MR) is 113 cm³/mol. The summed E-state index contributed by atoms with van der Waals surface area (Å²) in [5.74, 6) is 0.751. The van der Waals surface area contributed by atoms with Crippen molar-refractivity contribution in [2.45, 2.75) is 45.6 Å². The fraction of sp³-hybridized carbons (Fsp3) is 0.619. The van der Waals surface area contributed by atoms with Crippen LogP contribution in [0.5, 0.6) is 0 Å². The van der Waals surface area contributed by atoms with Gasteiger partial charge in [-0.05, 0) is 43.9 Å². The molecule has 156 valence electrons. The van der Waals surface area contributed by atoms with Crippen molar-refractivity contribution in [1.29, 1.82) is 0 Å². The van der Waals surface area contributed by atoms with Crippen LogP contribution in [0.2, 0.25) is 0 Å². The molecule has 0 radical (unpaired) electrons. The summed E-state index contributed by atoms with van der Waals surface area (Å²) in [6.45, 7) is 5.57. The topological polar surface area (TPSA) is 60.0 Å². The lowest BCUT2D eigenvalue weighted by Crippen LogP contribution is -2.39. The summed E-state index contributed by atoms with van der Waals surface area (Å²) in [7, 11) is 3.64. The molecule has 6 nitrogen and oxygen atoms in total. The molecule has 0 aromatic heterocycles. The predicted octanol–water partition coefficient (Wildman–Crippen LogP) is 2.74. The second-order valence-corrected chi connectivity index (χ2v) is 7.35. The van der Waals surface area contributed by atoms with Crippen LogP contribution in [0.15, 0.2) is 23.2 Å². The molecule has 7 heteroatoms. The molecule has 2 rings (SSSR count). The molecule has 0 atom stereocenters. The SMILES string of the molecule is CCNC(=NCc1ccc(N(C)C)c(F)c1)NCCCN1CCCCCC1=O. The molecule has 0 bridgehead atoms. The molecule has 1 heterocycles. The second-order valence-electron chi connectivity index (χ2n) is 7.35. The van der Waals surface area contributed by atoms with Gasteiger partial charge in [-0.2, -0.15) is 0 Å². The highest BCUT2D eigenvalue weighted by atomic mass is 19.1. The van der Waals surface area contributed by atoms with Crippen molar-refractivity contribution in [3.8, 4) is 0 Å². The van der Waals surface area contributed by atoms with Gasteiger partial charge in [-0.1, -0.05) is 12.5 Å². The fourth-order valence-corrected chi connectivity index (χ4v) is 3.28. The first-order chi connectivity index (χ1) is 13.5. The van der Waals surface area contributed by atoms with Crippen LogP contribution in [0.1, 0.15) is 44.6 Å². The normalized spacial score (nSPS) is 15.4. The van der Waals surface area contributed by atoms with Gasteiger partial charge in [0.1, 0.15) is 5.82 Å². The van der Waals surface area contributed by atoms with Gasteiger partial charge in [-0.25, -0.2) is 9.38 Å². The van der Waals surface area contributed by atoms with Crippen molar-refractivity contribution in [3.05, 3.63) is 29.6 Å². The number of nitrogens with zero attached hydrogens (tertiary/aromatic N) is 3. The zero-order valence-corrected chi connectivity index (χ0v) is 17.4. The molecule has 1 aliphatic heterocycles. The third-order valence-electron chi connectivity index (χ3n) is 4.83. The number of nitrogens with one attached hydrogen (secondary N) is 2. The first-order valence-corrected chi connectivity index (χ1v) is 10.3. The van der Waals surface area contributed by atoms with Crippen molar-refractivity contribution in [1.82, 2.24) is 15.5 Å². The highest BCUT2D eigenvalue weighted by Crippen LogP contribution is 2.18. The quantitative estimate of drug-likeness (QED) is 0.406. The Balaban J connectivity index is 1.83. The lowest BCUT2D eigenvalue weighted by atomic mass is 10.2. The third kappa shape index (κ3) is 7.02. The number of halogens is 1. The number of hydrogen-bond donors (Lipinski definition) is 2. The highest BCUT2D eigenvalue weighted by Gasteiger charge is 2.15. The molecular weight excluding hydrogens is 357 g/mol. The number of likely N-dealkylation sites (tertiary alicyclic amines) is 1. The van der Waals surface area contributed by atoms with Crippen LogP contribution in [0.3, 0.4) is 0 Å². The Kier molecular flexibility index (Phi) is 9.04. The van der Waals surface area contributed by atoms with Crippen LogP contribution >= 0.6 is 0 Å². The van der Waals surface area contributed by atoms with E-state index >= 15 is 0 Å². The number of rotatable bonds is 8. The van der Waals surface area contributed by atoms with Gasteiger partial charge in [0, 0.05) is 46.7 Å². The zero-order valence-electron chi connectivity index (χ0n) is 17.4. The van der Waals surface area contributed by atoms with Gasteiger partial charge in [-0.3, -0.25) is 4.79 Å². The number of benzene rings is 1. The molecule has 0 aliphatic carbocycles. The highest BCUT2D eigenvalue weighted by molar-refractivity contribution is 5.79. The number of carbonyl (C=O) groups is 1. The molecule has 1 amide bonds. The molecule has 1 aromatic carbocycles. The first-order valence-electron chi connectivity index (χ1n) is 10.3. The van der Waals surface area contributed by atoms with E-state index < -0.39 is 0 Å². The Morgan fingerprint density at radius 2 is 2.07 bits per heavy atom. The number of amides is 1. The van der Waals surface area contributed by atoms with Crippen LogP contribution < -0.4 is 15.5 Å². The number of guanidine groups is 1. The Labute approximate surface area is 168 Å². The molecule has 0 saturated carbocycles. The molecule has 28 heavy (non-hydrogen) atoms. The molecule has 2 N–H and O–H groups in total. The zero-order chi connectivity index (χ0) is 20.4. The Hall–Kier alpha value is -2.31. The van der Waals surface area contributed by atoms with E-state index in [9.17, 15) is 9.18 Å². The molecule has 1 saturated heterocycles. The van der Waals surface area contributed by atoms with Gasteiger partial charge >= 0.3 is 0 Å². The van der Waals surface area contributed by atoms with Crippen molar-refractivity contribution < 1.29 is 9.18 Å². The summed E-state index contributed by atoms with van der Waals surface area (Å²) in [6, 6.07) is 5.21. The van der Waals surface area contributed by atoms with Crippen LogP contribution in [0.25, 0.3) is 0 Å². The summed E-state index contributed by atoms with van der Waals surface area (Å²) in [5.41, 5.74) is 1.40. The van der Waals surface area contributed by atoms with E-state index in [-0.39, 0.29) is 11.7 Å². The Bertz CT molecular complexity index is 662. The van der Waals surface area contributed by atoms with Crippen LogP contribution in [-0.2, 0) is 11.3 Å². The summed E-state index contributed by atoms with van der Waals surface area (Å²) < 4.78 is 14.1. The third-order valence-corrected chi connectivity index (χ3v) is 4.83. The van der Waals surface area contributed by atoms with Gasteiger partial charge in [0.2, 0.25) is 5.91 Å². The average Bonchev–Trinajstić information content (AvgIpc) is 2.87. The maximum atomic E-state index is 14.1. The number of carbonyl (C=O) groups excluding carboxylic acids is 1. The molecule has 0 unspecified atom stereocenters. The van der Waals surface area contributed by atoms with Gasteiger partial charge in [0.15, 0.2) is 5.96 Å². The van der Waals surface area contributed by atoms with Gasteiger partial charge in [0.25, 0.3) is 0 Å². The van der Waals surface area contributed by atoms with Gasteiger partial charge in [0.05, 0.1) is 12.2 Å². The second kappa shape index (κ2) is 11.5. The molecule has 0 spiro atoms. The lowest BCUT2D eigenvalue weighted by molar-refractivity contribution is -0.130. The van der Waals surface area contributed by atoms with E-state index in [0.717, 1.165) is 57.4 Å². The first kappa shape index (κ1) is 22.0. The van der Waals surface area contributed by atoms with Crippen LogP contribution in [-0.4, -0.2) is 57.0 Å². The minimum atomic E-state index is -0.238. The lowest BCUT2D eigenvalue weighted by Gasteiger charge is -2.20. The minimum Gasteiger partial charge on any atom is -0.375 e. The van der Waals surface area contributed by atoms with Crippen LogP contribution in [0, 0.1) is 5.82 Å². The summed E-state index contributed by atoms with van der Waals surface area (Å²) in [4.78, 5) is 20.3. The van der Waals surface area contributed by atoms with Gasteiger partial charge in [-0.15, -0.1) is 0 Å². The smallest absolute Gasteiger partial charge is 0.222 e. The fourth-order valence-electron chi connectivity index (χ4n) is 3.28. The monoisotopic (exact) mass is 391 g/mol. The van der Waals surface area contributed by atoms with E-state index in [1.807, 2.05) is 32.0 Å². The number of anilines is 1. The largest absolute Gasteiger partial charge is 0.375 e. The van der Waals surface area contributed by atoms with Crippen molar-refractivity contribution in [3.63, 3.8) is 0 Å². The van der Waals surface area contributed by atoms with E-state index in [2.05, 4.69) is 15.6 Å². The van der Waals surface area contributed by atoms with Crippen molar-refractivity contribution >= 4 is 17.6 Å². The maximum Gasteiger partial charge on any atom is 0.222 e. The number of hydrogen-bond acceptors (Lipinski definition) is 3. The number of aliphatic imine (C=N–C) groups is 1. The summed E-state index contributed by atoms with van der Waals surface area (Å²) in [6.07, 6.45) is 4.82. The molecule has 1 aliphatic rings.